The van der Waals surface area contributed by atoms with Gasteiger partial charge < -0.3 is 15.4 Å². The molecule has 2 heterocycles. The molecule has 1 aromatic carbocycles. The lowest BCUT2D eigenvalue weighted by molar-refractivity contribution is -0.133. The van der Waals surface area contributed by atoms with Gasteiger partial charge in [0.1, 0.15) is 0 Å². The second kappa shape index (κ2) is 5.78. The molecule has 0 radical (unpaired) electrons. The molecule has 0 bridgehead atoms. The van der Waals surface area contributed by atoms with Gasteiger partial charge >= 0.3 is 0 Å². The molecule has 0 aromatic heterocycles. The number of ether oxygens (including phenoxy) is 1. The quantitative estimate of drug-likeness (QED) is 0.906. The SMILES string of the molecule is Cc1ccc2c(c1)CCCN2C(=O)C1(CN)CCOCC1. The lowest BCUT2D eigenvalue weighted by atomic mass is 9.78. The number of hydrogen-bond donors (Lipinski definition) is 1. The molecule has 2 aliphatic heterocycles. The van der Waals surface area contributed by atoms with Crippen LogP contribution in [0.25, 0.3) is 0 Å². The van der Waals surface area contributed by atoms with Crippen molar-refractivity contribution in [2.24, 2.45) is 11.1 Å². The normalized spacial score (nSPS) is 21.0. The second-order valence-electron chi connectivity index (χ2n) is 6.29. The Morgan fingerprint density at radius 2 is 2.14 bits per heavy atom. The van der Waals surface area contributed by atoms with Crippen molar-refractivity contribution >= 4 is 11.6 Å². The molecule has 4 heteroatoms. The number of rotatable bonds is 2. The Morgan fingerprint density at radius 3 is 2.86 bits per heavy atom. The first-order chi connectivity index (χ1) is 10.2. The van der Waals surface area contributed by atoms with E-state index < -0.39 is 5.41 Å². The highest BCUT2D eigenvalue weighted by molar-refractivity contribution is 5.99. The summed E-state index contributed by atoms with van der Waals surface area (Å²) in [4.78, 5) is 15.1. The van der Waals surface area contributed by atoms with E-state index in [1.165, 1.54) is 11.1 Å². The summed E-state index contributed by atoms with van der Waals surface area (Å²) in [6.07, 6.45) is 3.55. The van der Waals surface area contributed by atoms with Gasteiger partial charge in [-0.3, -0.25) is 4.79 Å². The van der Waals surface area contributed by atoms with E-state index in [1.807, 2.05) is 4.90 Å². The Labute approximate surface area is 126 Å². The summed E-state index contributed by atoms with van der Waals surface area (Å²) < 4.78 is 5.42. The van der Waals surface area contributed by atoms with Gasteiger partial charge in [0.25, 0.3) is 0 Å². The van der Waals surface area contributed by atoms with E-state index in [9.17, 15) is 4.79 Å². The molecule has 1 saturated heterocycles. The lowest BCUT2D eigenvalue weighted by Gasteiger charge is -2.40. The molecule has 1 amide bonds. The number of anilines is 1. The van der Waals surface area contributed by atoms with E-state index in [0.717, 1.165) is 37.9 Å². The van der Waals surface area contributed by atoms with Crippen LogP contribution in [0, 0.1) is 12.3 Å². The molecule has 21 heavy (non-hydrogen) atoms. The first-order valence-corrected chi connectivity index (χ1v) is 7.86. The van der Waals surface area contributed by atoms with Crippen LogP contribution in [-0.2, 0) is 16.0 Å². The van der Waals surface area contributed by atoms with Crippen LogP contribution in [0.4, 0.5) is 5.69 Å². The van der Waals surface area contributed by atoms with Crippen molar-refractivity contribution in [1.82, 2.24) is 0 Å². The summed E-state index contributed by atoms with van der Waals surface area (Å²) in [5, 5.41) is 0. The van der Waals surface area contributed by atoms with Gasteiger partial charge in [-0.05, 0) is 44.2 Å². The zero-order chi connectivity index (χ0) is 14.9. The maximum Gasteiger partial charge on any atom is 0.234 e. The van der Waals surface area contributed by atoms with Crippen LogP contribution in [-0.4, -0.2) is 32.2 Å². The number of carbonyl (C=O) groups is 1. The van der Waals surface area contributed by atoms with Crippen LogP contribution in [0.1, 0.15) is 30.4 Å². The van der Waals surface area contributed by atoms with Crippen LogP contribution in [0.15, 0.2) is 18.2 Å². The van der Waals surface area contributed by atoms with Crippen molar-refractivity contribution in [2.75, 3.05) is 31.2 Å². The third kappa shape index (κ3) is 2.58. The van der Waals surface area contributed by atoms with Crippen molar-refractivity contribution in [3.63, 3.8) is 0 Å². The van der Waals surface area contributed by atoms with Crippen LogP contribution < -0.4 is 10.6 Å². The van der Waals surface area contributed by atoms with Crippen LogP contribution >= 0.6 is 0 Å². The molecule has 0 spiro atoms. The molecule has 0 saturated carbocycles. The topological polar surface area (TPSA) is 55.6 Å². The monoisotopic (exact) mass is 288 g/mol. The predicted octanol–water partition coefficient (Wildman–Crippen LogP) is 2.03. The number of amides is 1. The standard InChI is InChI=1S/C17H24N2O2/c1-13-4-5-15-14(11-13)3-2-8-19(15)16(20)17(12-18)6-9-21-10-7-17/h4-5,11H,2-3,6-10,12,18H2,1H3. The van der Waals surface area contributed by atoms with Gasteiger partial charge in [0.05, 0.1) is 5.41 Å². The summed E-state index contributed by atoms with van der Waals surface area (Å²) in [5.74, 6) is 0.193. The summed E-state index contributed by atoms with van der Waals surface area (Å²) in [6, 6.07) is 6.38. The minimum atomic E-state index is -0.433. The average Bonchev–Trinajstić information content (AvgIpc) is 2.54. The van der Waals surface area contributed by atoms with Crippen LogP contribution in [0.5, 0.6) is 0 Å². The molecule has 0 unspecified atom stereocenters. The zero-order valence-corrected chi connectivity index (χ0v) is 12.7. The Kier molecular flexibility index (Phi) is 4.00. The molecule has 2 aliphatic rings. The van der Waals surface area contributed by atoms with Gasteiger partial charge in [0, 0.05) is 32.0 Å². The molecule has 0 atom stereocenters. The third-order valence-electron chi connectivity index (χ3n) is 4.89. The maximum absolute atomic E-state index is 13.1. The molecule has 2 N–H and O–H groups in total. The number of benzene rings is 1. The maximum atomic E-state index is 13.1. The fraction of sp³-hybridized carbons (Fsp3) is 0.588. The molecule has 4 nitrogen and oxygen atoms in total. The fourth-order valence-electron chi connectivity index (χ4n) is 3.49. The first-order valence-electron chi connectivity index (χ1n) is 7.86. The van der Waals surface area contributed by atoms with E-state index in [1.54, 1.807) is 0 Å². The Bertz CT molecular complexity index is 536. The van der Waals surface area contributed by atoms with Crippen LogP contribution in [0.3, 0.4) is 0 Å². The van der Waals surface area contributed by atoms with E-state index >= 15 is 0 Å². The molecular weight excluding hydrogens is 264 g/mol. The highest BCUT2D eigenvalue weighted by atomic mass is 16.5. The van der Waals surface area contributed by atoms with E-state index in [0.29, 0.717) is 19.8 Å². The van der Waals surface area contributed by atoms with Crippen molar-refractivity contribution < 1.29 is 9.53 Å². The smallest absolute Gasteiger partial charge is 0.234 e. The van der Waals surface area contributed by atoms with Crippen molar-refractivity contribution in [1.29, 1.82) is 0 Å². The predicted molar refractivity (Wildman–Crippen MR) is 83.4 cm³/mol. The van der Waals surface area contributed by atoms with E-state index in [2.05, 4.69) is 25.1 Å². The van der Waals surface area contributed by atoms with Gasteiger partial charge in [0.2, 0.25) is 5.91 Å². The van der Waals surface area contributed by atoms with Gasteiger partial charge in [-0.2, -0.15) is 0 Å². The molecule has 114 valence electrons. The Hall–Kier alpha value is -1.39. The Balaban J connectivity index is 1.92. The highest BCUT2D eigenvalue weighted by Crippen LogP contribution is 2.36. The minimum absolute atomic E-state index is 0.193. The molecule has 0 aliphatic carbocycles. The number of fused-ring (bicyclic) bond motifs is 1. The zero-order valence-electron chi connectivity index (χ0n) is 12.7. The third-order valence-corrected chi connectivity index (χ3v) is 4.89. The number of nitrogens with two attached hydrogens (primary N) is 1. The van der Waals surface area contributed by atoms with Crippen molar-refractivity contribution in [2.45, 2.75) is 32.6 Å². The molecular formula is C17H24N2O2. The summed E-state index contributed by atoms with van der Waals surface area (Å²) in [6.45, 7) is 4.58. The minimum Gasteiger partial charge on any atom is -0.381 e. The summed E-state index contributed by atoms with van der Waals surface area (Å²) in [7, 11) is 0. The van der Waals surface area contributed by atoms with Crippen LogP contribution in [0.2, 0.25) is 0 Å². The van der Waals surface area contributed by atoms with Gasteiger partial charge in [-0.25, -0.2) is 0 Å². The largest absolute Gasteiger partial charge is 0.381 e. The van der Waals surface area contributed by atoms with Gasteiger partial charge in [-0.1, -0.05) is 17.7 Å². The number of aryl methyl sites for hydroxylation is 2. The molecule has 1 fully saturated rings. The van der Waals surface area contributed by atoms with Gasteiger partial charge in [-0.15, -0.1) is 0 Å². The molecule has 3 rings (SSSR count). The number of hydrogen-bond acceptors (Lipinski definition) is 3. The second-order valence-corrected chi connectivity index (χ2v) is 6.29. The van der Waals surface area contributed by atoms with Gasteiger partial charge in [0.15, 0.2) is 0 Å². The summed E-state index contributed by atoms with van der Waals surface area (Å²) >= 11 is 0. The van der Waals surface area contributed by atoms with Crippen molar-refractivity contribution in [3.05, 3.63) is 29.3 Å². The Morgan fingerprint density at radius 1 is 1.38 bits per heavy atom. The number of carbonyl (C=O) groups excluding carboxylic acids is 1. The molecule has 1 aromatic rings. The fourth-order valence-corrected chi connectivity index (χ4v) is 3.49. The number of nitrogens with zero attached hydrogens (tertiary/aromatic N) is 1. The lowest BCUT2D eigenvalue weighted by Crippen LogP contribution is -2.52. The highest BCUT2D eigenvalue weighted by Gasteiger charge is 2.42. The summed E-state index contributed by atoms with van der Waals surface area (Å²) in [5.41, 5.74) is 9.17. The first kappa shape index (κ1) is 14.5. The van der Waals surface area contributed by atoms with E-state index in [4.69, 9.17) is 10.5 Å². The van der Waals surface area contributed by atoms with E-state index in [-0.39, 0.29) is 5.91 Å². The average molecular weight is 288 g/mol. The van der Waals surface area contributed by atoms with Crippen molar-refractivity contribution in [3.8, 4) is 0 Å².